The maximum atomic E-state index is 6.27. The van der Waals surface area contributed by atoms with Crippen LogP contribution in [0.4, 0.5) is 10.9 Å². The number of pyridine rings is 2. The molecule has 192 valence electrons. The molecule has 4 aromatic rings. The van der Waals surface area contributed by atoms with Crippen molar-refractivity contribution in [2.75, 3.05) is 37.4 Å². The van der Waals surface area contributed by atoms with Crippen molar-refractivity contribution in [2.45, 2.75) is 50.6 Å². The van der Waals surface area contributed by atoms with E-state index < -0.39 is 0 Å². The van der Waals surface area contributed by atoms with Gasteiger partial charge in [-0.2, -0.15) is 0 Å². The number of benzene rings is 1. The summed E-state index contributed by atoms with van der Waals surface area (Å²) in [6, 6.07) is 15.3. The van der Waals surface area contributed by atoms with Gasteiger partial charge in [-0.1, -0.05) is 30.6 Å². The number of likely N-dealkylation sites (N-methyl/N-ethyl adjacent to an activating group) is 1. The first-order valence-corrected chi connectivity index (χ1v) is 14.1. The summed E-state index contributed by atoms with van der Waals surface area (Å²) < 4.78 is 7.40. The van der Waals surface area contributed by atoms with Crippen LogP contribution in [0.1, 0.15) is 38.5 Å². The summed E-state index contributed by atoms with van der Waals surface area (Å²) in [7, 11) is 4.29. The number of anilines is 2. The molecule has 1 aliphatic carbocycles. The Hall–Kier alpha value is -3.23. The molecule has 1 aliphatic heterocycles. The largest absolute Gasteiger partial charge is 0.457 e. The van der Waals surface area contributed by atoms with Crippen LogP contribution in [0, 0.1) is 0 Å². The van der Waals surface area contributed by atoms with Crippen molar-refractivity contribution in [3.8, 4) is 22.8 Å². The number of nitrogens with one attached hydrogen (secondary N) is 1. The van der Waals surface area contributed by atoms with Crippen LogP contribution in [0.2, 0.25) is 0 Å². The fraction of sp³-hybridized carbons (Fsp3) is 0.414. The van der Waals surface area contributed by atoms with Gasteiger partial charge in [0.2, 0.25) is 0 Å². The Morgan fingerprint density at radius 1 is 0.946 bits per heavy atom. The highest BCUT2D eigenvalue weighted by atomic mass is 32.1. The van der Waals surface area contributed by atoms with Gasteiger partial charge in [0.25, 0.3) is 0 Å². The van der Waals surface area contributed by atoms with Crippen molar-refractivity contribution < 1.29 is 4.74 Å². The van der Waals surface area contributed by atoms with E-state index in [-0.39, 0.29) is 0 Å². The Labute approximate surface area is 222 Å². The highest BCUT2D eigenvalue weighted by Gasteiger charge is 2.25. The van der Waals surface area contributed by atoms with Gasteiger partial charge in [0.15, 0.2) is 5.13 Å². The lowest BCUT2D eigenvalue weighted by molar-refractivity contribution is 0.315. The summed E-state index contributed by atoms with van der Waals surface area (Å²) in [6.07, 6.45) is 11.3. The summed E-state index contributed by atoms with van der Waals surface area (Å²) in [5.41, 5.74) is 2.93. The van der Waals surface area contributed by atoms with E-state index in [1.54, 1.807) is 17.5 Å². The Bertz CT molecular complexity index is 1370. The second-order valence-corrected chi connectivity index (χ2v) is 11.4. The van der Waals surface area contributed by atoms with E-state index in [2.05, 4.69) is 51.3 Å². The van der Waals surface area contributed by atoms with E-state index in [0.29, 0.717) is 12.1 Å². The molecule has 4 heterocycles. The summed E-state index contributed by atoms with van der Waals surface area (Å²) in [6.45, 7) is 2.02. The van der Waals surface area contributed by atoms with Gasteiger partial charge in [0.05, 0.1) is 15.9 Å². The number of nitrogens with zero attached hydrogens (tertiary/aromatic N) is 5. The Balaban J connectivity index is 1.17. The average molecular weight is 515 g/mol. The van der Waals surface area contributed by atoms with Gasteiger partial charge < -0.3 is 19.9 Å². The van der Waals surface area contributed by atoms with Gasteiger partial charge in [-0.05, 0) is 63.7 Å². The second kappa shape index (κ2) is 10.6. The molecule has 0 spiro atoms. The Morgan fingerprint density at radius 3 is 2.62 bits per heavy atom. The minimum atomic E-state index is 0.550. The standard InChI is InChI=1S/C29H34N6OS/c1-34(2)22-12-15-35(19-22)28-16-20(10-13-31-28)26-17-24(11-14-30-26)36-23-8-9-25-27(18-23)37-29(33-25)32-21-6-4-3-5-7-21/h8-11,13-14,16-18,21-22H,3-7,12,15,19H2,1-2H3,(H,32,33)/t22-/m1/s1. The van der Waals surface area contributed by atoms with Crippen molar-refractivity contribution >= 4 is 32.5 Å². The minimum absolute atomic E-state index is 0.550. The van der Waals surface area contributed by atoms with Crippen LogP contribution in [0.15, 0.2) is 54.9 Å². The lowest BCUT2D eigenvalue weighted by Crippen LogP contribution is -2.31. The molecule has 0 bridgehead atoms. The molecule has 0 unspecified atom stereocenters. The molecule has 2 aliphatic rings. The minimum Gasteiger partial charge on any atom is -0.457 e. The molecule has 6 rings (SSSR count). The van der Waals surface area contributed by atoms with Crippen molar-refractivity contribution in [3.05, 3.63) is 54.9 Å². The van der Waals surface area contributed by atoms with Crippen molar-refractivity contribution in [3.63, 3.8) is 0 Å². The predicted molar refractivity (Wildman–Crippen MR) is 152 cm³/mol. The molecule has 7 nitrogen and oxygen atoms in total. The summed E-state index contributed by atoms with van der Waals surface area (Å²) in [5, 5.41) is 4.65. The van der Waals surface area contributed by atoms with Gasteiger partial charge >= 0.3 is 0 Å². The van der Waals surface area contributed by atoms with Crippen molar-refractivity contribution in [1.82, 2.24) is 19.9 Å². The maximum Gasteiger partial charge on any atom is 0.184 e. The quantitative estimate of drug-likeness (QED) is 0.305. The number of ether oxygens (including phenoxy) is 1. The van der Waals surface area contributed by atoms with Crippen molar-refractivity contribution in [2.24, 2.45) is 0 Å². The number of hydrogen-bond donors (Lipinski definition) is 1. The first kappa shape index (κ1) is 24.1. The molecule has 1 saturated heterocycles. The molecule has 0 radical (unpaired) electrons. The Kier molecular flexibility index (Phi) is 6.93. The van der Waals surface area contributed by atoms with Crippen LogP contribution in [0.3, 0.4) is 0 Å². The van der Waals surface area contributed by atoms with E-state index >= 15 is 0 Å². The van der Waals surface area contributed by atoms with E-state index in [0.717, 1.165) is 63.4 Å². The van der Waals surface area contributed by atoms with E-state index in [1.807, 2.05) is 36.5 Å². The summed E-state index contributed by atoms with van der Waals surface area (Å²) in [5.74, 6) is 2.57. The third-order valence-corrected chi connectivity index (χ3v) is 8.47. The number of fused-ring (bicyclic) bond motifs is 1. The van der Waals surface area contributed by atoms with Crippen molar-refractivity contribution in [1.29, 1.82) is 0 Å². The third-order valence-electron chi connectivity index (χ3n) is 7.52. The van der Waals surface area contributed by atoms with E-state index in [4.69, 9.17) is 9.72 Å². The molecule has 2 fully saturated rings. The fourth-order valence-corrected chi connectivity index (χ4v) is 6.31. The SMILES string of the molecule is CN(C)[C@@H]1CCN(c2cc(-c3cc(Oc4ccc5nc(NC6CCCCC6)sc5c4)ccn3)ccn2)C1. The third kappa shape index (κ3) is 5.55. The van der Waals surface area contributed by atoms with Gasteiger partial charge in [-0.3, -0.25) is 4.98 Å². The topological polar surface area (TPSA) is 66.4 Å². The summed E-state index contributed by atoms with van der Waals surface area (Å²) in [4.78, 5) is 18.7. The monoisotopic (exact) mass is 514 g/mol. The molecule has 8 heteroatoms. The van der Waals surface area contributed by atoms with E-state index in [9.17, 15) is 0 Å². The van der Waals surface area contributed by atoms with Gasteiger partial charge in [0.1, 0.15) is 17.3 Å². The molecule has 37 heavy (non-hydrogen) atoms. The van der Waals surface area contributed by atoms with Gasteiger partial charge in [0, 0.05) is 55.3 Å². The van der Waals surface area contributed by atoms with Crippen LogP contribution >= 0.6 is 11.3 Å². The lowest BCUT2D eigenvalue weighted by atomic mass is 9.96. The average Bonchev–Trinajstić information content (AvgIpc) is 3.57. The molecule has 1 atom stereocenters. The highest BCUT2D eigenvalue weighted by Crippen LogP contribution is 2.34. The van der Waals surface area contributed by atoms with Gasteiger partial charge in [-0.25, -0.2) is 9.97 Å². The molecule has 1 aromatic carbocycles. The normalized spacial score (nSPS) is 18.6. The Morgan fingerprint density at radius 2 is 1.78 bits per heavy atom. The number of thiazole rings is 1. The van der Waals surface area contributed by atoms with E-state index in [1.165, 1.54) is 32.1 Å². The van der Waals surface area contributed by atoms with Crippen LogP contribution in [-0.4, -0.2) is 59.1 Å². The number of aromatic nitrogens is 3. The molecular weight excluding hydrogens is 480 g/mol. The van der Waals surface area contributed by atoms with Gasteiger partial charge in [-0.15, -0.1) is 0 Å². The fourth-order valence-electron chi connectivity index (χ4n) is 5.34. The summed E-state index contributed by atoms with van der Waals surface area (Å²) >= 11 is 1.70. The zero-order chi connectivity index (χ0) is 25.2. The zero-order valence-corrected chi connectivity index (χ0v) is 22.4. The molecular formula is C29H34N6OS. The predicted octanol–water partition coefficient (Wildman–Crippen LogP) is 6.43. The molecule has 0 amide bonds. The maximum absolute atomic E-state index is 6.27. The van der Waals surface area contributed by atoms with Crippen LogP contribution in [-0.2, 0) is 0 Å². The molecule has 1 N–H and O–H groups in total. The van der Waals surface area contributed by atoms with Crippen LogP contribution in [0.5, 0.6) is 11.5 Å². The zero-order valence-electron chi connectivity index (χ0n) is 21.6. The molecule has 1 saturated carbocycles. The first-order valence-electron chi connectivity index (χ1n) is 13.3. The second-order valence-electron chi connectivity index (χ2n) is 10.4. The lowest BCUT2D eigenvalue weighted by Gasteiger charge is -2.22. The first-order chi connectivity index (χ1) is 18.1. The van der Waals surface area contributed by atoms with Crippen LogP contribution in [0.25, 0.3) is 21.5 Å². The molecule has 3 aromatic heterocycles. The smallest absolute Gasteiger partial charge is 0.184 e. The van der Waals surface area contributed by atoms with Crippen LogP contribution < -0.4 is 15.0 Å². The highest BCUT2D eigenvalue weighted by molar-refractivity contribution is 7.22. The number of hydrogen-bond acceptors (Lipinski definition) is 8. The number of rotatable bonds is 7.